The molecule has 1 aromatic rings. The van der Waals surface area contributed by atoms with Crippen molar-refractivity contribution >= 4 is 17.2 Å². The molecule has 4 nitrogen and oxygen atoms in total. The summed E-state index contributed by atoms with van der Waals surface area (Å²) >= 11 is 1.58. The maximum absolute atomic E-state index is 11.7. The highest BCUT2D eigenvalue weighted by Crippen LogP contribution is 2.08. The number of thiazole rings is 1. The number of amides is 1. The summed E-state index contributed by atoms with van der Waals surface area (Å²) in [6.07, 6.45) is 0.907. The molecule has 3 N–H and O–H groups in total. The van der Waals surface area contributed by atoms with Crippen molar-refractivity contribution in [3.8, 4) is 0 Å². The van der Waals surface area contributed by atoms with Crippen LogP contribution in [0.3, 0.4) is 0 Å². The molecule has 1 rings (SSSR count). The van der Waals surface area contributed by atoms with E-state index in [-0.39, 0.29) is 11.8 Å². The summed E-state index contributed by atoms with van der Waals surface area (Å²) in [6.45, 7) is 6.42. The van der Waals surface area contributed by atoms with Crippen LogP contribution in [-0.2, 0) is 11.3 Å². The molecule has 0 aliphatic carbocycles. The molecule has 16 heavy (non-hydrogen) atoms. The monoisotopic (exact) mass is 241 g/mol. The van der Waals surface area contributed by atoms with Crippen LogP contribution < -0.4 is 11.1 Å². The zero-order valence-corrected chi connectivity index (χ0v) is 10.8. The lowest BCUT2D eigenvalue weighted by atomic mass is 9.99. The number of rotatable bonds is 5. The van der Waals surface area contributed by atoms with Crippen LogP contribution in [0, 0.1) is 12.8 Å². The number of nitrogens with one attached hydrogen (secondary N) is 1. The van der Waals surface area contributed by atoms with Gasteiger partial charge in [0.2, 0.25) is 5.91 Å². The Bertz CT molecular complexity index is 351. The van der Waals surface area contributed by atoms with Crippen LogP contribution in [0.1, 0.15) is 31.0 Å². The van der Waals surface area contributed by atoms with E-state index in [0.29, 0.717) is 6.54 Å². The van der Waals surface area contributed by atoms with Gasteiger partial charge in [-0.25, -0.2) is 4.98 Å². The van der Waals surface area contributed by atoms with E-state index in [0.717, 1.165) is 17.1 Å². The highest BCUT2D eigenvalue weighted by molar-refractivity contribution is 7.09. The number of aryl methyl sites for hydroxylation is 1. The van der Waals surface area contributed by atoms with E-state index >= 15 is 0 Å². The van der Waals surface area contributed by atoms with Gasteiger partial charge in [-0.05, 0) is 12.8 Å². The van der Waals surface area contributed by atoms with Crippen molar-refractivity contribution in [1.29, 1.82) is 0 Å². The molecule has 1 aromatic heterocycles. The molecular formula is C11H19N3OS. The maximum atomic E-state index is 11.7. The number of hydrogen-bond donors (Lipinski definition) is 2. The van der Waals surface area contributed by atoms with Crippen LogP contribution in [0.4, 0.5) is 0 Å². The summed E-state index contributed by atoms with van der Waals surface area (Å²) in [5.41, 5.74) is 6.71. The van der Waals surface area contributed by atoms with Gasteiger partial charge in [0.15, 0.2) is 0 Å². The third-order valence-electron chi connectivity index (χ3n) is 2.67. The first-order chi connectivity index (χ1) is 7.54. The highest BCUT2D eigenvalue weighted by atomic mass is 32.1. The topological polar surface area (TPSA) is 68.0 Å². The van der Waals surface area contributed by atoms with E-state index in [1.807, 2.05) is 26.2 Å². The third-order valence-corrected chi connectivity index (χ3v) is 3.49. The Kier molecular flexibility index (Phi) is 4.89. The molecular weight excluding hydrogens is 222 g/mol. The molecule has 5 heteroatoms. The van der Waals surface area contributed by atoms with E-state index in [9.17, 15) is 4.79 Å². The zero-order valence-electron chi connectivity index (χ0n) is 9.99. The van der Waals surface area contributed by atoms with Crippen LogP contribution in [0.2, 0.25) is 0 Å². The van der Waals surface area contributed by atoms with Gasteiger partial charge in [-0.15, -0.1) is 11.3 Å². The lowest BCUT2D eigenvalue weighted by Gasteiger charge is -2.17. The second kappa shape index (κ2) is 5.96. The predicted molar refractivity (Wildman–Crippen MR) is 66.1 cm³/mol. The van der Waals surface area contributed by atoms with Crippen LogP contribution in [0.15, 0.2) is 5.38 Å². The first kappa shape index (κ1) is 13.1. The quantitative estimate of drug-likeness (QED) is 0.819. The van der Waals surface area contributed by atoms with Crippen molar-refractivity contribution in [2.75, 3.05) is 0 Å². The Labute approximate surface area is 100 Å². The summed E-state index contributed by atoms with van der Waals surface area (Å²) < 4.78 is 0. The Morgan fingerprint density at radius 1 is 1.69 bits per heavy atom. The van der Waals surface area contributed by atoms with Gasteiger partial charge < -0.3 is 11.1 Å². The molecule has 2 atom stereocenters. The first-order valence-electron chi connectivity index (χ1n) is 5.48. The van der Waals surface area contributed by atoms with E-state index < -0.39 is 6.04 Å². The fourth-order valence-electron chi connectivity index (χ4n) is 1.30. The van der Waals surface area contributed by atoms with Gasteiger partial charge in [-0.3, -0.25) is 4.79 Å². The first-order valence-corrected chi connectivity index (χ1v) is 6.36. The molecule has 0 fully saturated rings. The summed E-state index contributed by atoms with van der Waals surface area (Å²) in [5.74, 6) is 0.108. The summed E-state index contributed by atoms with van der Waals surface area (Å²) in [5, 5.41) is 5.77. The minimum absolute atomic E-state index is 0.0972. The van der Waals surface area contributed by atoms with Gasteiger partial charge >= 0.3 is 0 Å². The van der Waals surface area contributed by atoms with Gasteiger partial charge in [-0.1, -0.05) is 20.3 Å². The van der Waals surface area contributed by atoms with Crippen molar-refractivity contribution in [3.05, 3.63) is 16.1 Å². The highest BCUT2D eigenvalue weighted by Gasteiger charge is 2.18. The number of aromatic nitrogens is 1. The molecule has 0 aromatic carbocycles. The Balaban J connectivity index is 2.40. The Morgan fingerprint density at radius 3 is 2.88 bits per heavy atom. The number of carbonyl (C=O) groups excluding carboxylic acids is 1. The smallest absolute Gasteiger partial charge is 0.237 e. The molecule has 0 aliphatic heterocycles. The largest absolute Gasteiger partial charge is 0.349 e. The maximum Gasteiger partial charge on any atom is 0.237 e. The lowest BCUT2D eigenvalue weighted by Crippen LogP contribution is -2.44. The molecule has 0 saturated heterocycles. The standard InChI is InChI=1S/C11H19N3OS/c1-4-7(2)10(12)11(15)13-5-9-6-16-8(3)14-9/h6-7,10H,4-5,12H2,1-3H3,(H,13,15)/t7?,10-/m0/s1. The number of nitrogens with zero attached hydrogens (tertiary/aromatic N) is 1. The van der Waals surface area contributed by atoms with Crippen LogP contribution in [0.25, 0.3) is 0 Å². The molecule has 1 heterocycles. The van der Waals surface area contributed by atoms with Crippen molar-refractivity contribution in [2.24, 2.45) is 11.7 Å². The van der Waals surface area contributed by atoms with Gasteiger partial charge in [-0.2, -0.15) is 0 Å². The second-order valence-corrected chi connectivity index (χ2v) is 5.05. The van der Waals surface area contributed by atoms with E-state index in [2.05, 4.69) is 10.3 Å². The molecule has 1 amide bonds. The van der Waals surface area contributed by atoms with Gasteiger partial charge in [0, 0.05) is 5.38 Å². The molecule has 0 aliphatic rings. The van der Waals surface area contributed by atoms with E-state index in [1.165, 1.54) is 0 Å². The summed E-state index contributed by atoms with van der Waals surface area (Å²) in [6, 6.07) is -0.426. The summed E-state index contributed by atoms with van der Waals surface area (Å²) in [4.78, 5) is 15.9. The predicted octanol–water partition coefficient (Wildman–Crippen LogP) is 1.44. The van der Waals surface area contributed by atoms with E-state index in [1.54, 1.807) is 11.3 Å². The Hall–Kier alpha value is -0.940. The minimum atomic E-state index is -0.426. The fraction of sp³-hybridized carbons (Fsp3) is 0.636. The third kappa shape index (κ3) is 3.57. The van der Waals surface area contributed by atoms with Crippen molar-refractivity contribution in [2.45, 2.75) is 39.8 Å². The average Bonchev–Trinajstić information content (AvgIpc) is 2.69. The molecule has 0 saturated carbocycles. The molecule has 0 radical (unpaired) electrons. The van der Waals surface area contributed by atoms with Gasteiger partial charge in [0.25, 0.3) is 0 Å². The fourth-order valence-corrected chi connectivity index (χ4v) is 1.91. The molecule has 1 unspecified atom stereocenters. The van der Waals surface area contributed by atoms with Crippen LogP contribution in [0.5, 0.6) is 0 Å². The van der Waals surface area contributed by atoms with Crippen molar-refractivity contribution < 1.29 is 4.79 Å². The Morgan fingerprint density at radius 2 is 2.38 bits per heavy atom. The summed E-state index contributed by atoms with van der Waals surface area (Å²) in [7, 11) is 0. The molecule has 90 valence electrons. The van der Waals surface area contributed by atoms with E-state index in [4.69, 9.17) is 5.73 Å². The number of carbonyl (C=O) groups is 1. The second-order valence-electron chi connectivity index (χ2n) is 3.99. The van der Waals surface area contributed by atoms with Crippen LogP contribution in [-0.4, -0.2) is 16.9 Å². The SMILES string of the molecule is CCC(C)[C@H](N)C(=O)NCc1csc(C)n1. The number of nitrogens with two attached hydrogens (primary N) is 1. The van der Waals surface area contributed by atoms with Gasteiger partial charge in [0.05, 0.1) is 23.3 Å². The molecule has 0 bridgehead atoms. The van der Waals surface area contributed by atoms with Crippen molar-refractivity contribution in [1.82, 2.24) is 10.3 Å². The normalized spacial score (nSPS) is 14.5. The number of hydrogen-bond acceptors (Lipinski definition) is 4. The van der Waals surface area contributed by atoms with Crippen LogP contribution >= 0.6 is 11.3 Å². The zero-order chi connectivity index (χ0) is 12.1. The lowest BCUT2D eigenvalue weighted by molar-refractivity contribution is -0.123. The minimum Gasteiger partial charge on any atom is -0.349 e. The molecule has 0 spiro atoms. The van der Waals surface area contributed by atoms with Crippen molar-refractivity contribution in [3.63, 3.8) is 0 Å². The average molecular weight is 241 g/mol. The van der Waals surface area contributed by atoms with Gasteiger partial charge in [0.1, 0.15) is 0 Å².